The van der Waals surface area contributed by atoms with Gasteiger partial charge < -0.3 is 15.9 Å². The van der Waals surface area contributed by atoms with Gasteiger partial charge in [0, 0.05) is 0 Å². The molecule has 0 saturated heterocycles. The number of aliphatic hydroxyl groups excluding tert-OH is 1. The lowest BCUT2D eigenvalue weighted by Gasteiger charge is -2.02. The summed E-state index contributed by atoms with van der Waals surface area (Å²) in [6, 6.07) is 9.43. The molecule has 1 atom stereocenters. The van der Waals surface area contributed by atoms with Crippen LogP contribution >= 0.6 is 0 Å². The normalized spacial score (nSPS) is 10.6. The quantitative estimate of drug-likeness (QED) is 0.626. The lowest BCUT2D eigenvalue weighted by Crippen LogP contribution is -2.03. The number of nitrogens with two attached hydrogens (primary N) is 1. The first kappa shape index (κ1) is 12.2. The van der Waals surface area contributed by atoms with Crippen LogP contribution in [0.2, 0.25) is 0 Å². The van der Waals surface area contributed by atoms with Crippen molar-refractivity contribution in [3.8, 4) is 0 Å². The van der Waals surface area contributed by atoms with Crippen LogP contribution in [0.5, 0.6) is 0 Å². The molecule has 14 heavy (non-hydrogen) atoms. The van der Waals surface area contributed by atoms with Crippen LogP contribution in [0, 0.1) is 0 Å². The number of carboxylic acid groups (broad SMARTS) is 1. The van der Waals surface area contributed by atoms with Crippen LogP contribution in [0.15, 0.2) is 43.0 Å². The number of primary amides is 1. The van der Waals surface area contributed by atoms with E-state index in [1.807, 2.05) is 30.3 Å². The maximum Gasteiger partial charge on any atom is 0.402 e. The zero-order valence-corrected chi connectivity index (χ0v) is 7.63. The number of rotatable bonds is 2. The van der Waals surface area contributed by atoms with Gasteiger partial charge in [0.2, 0.25) is 0 Å². The first-order valence-electron chi connectivity index (χ1n) is 3.92. The molecule has 4 nitrogen and oxygen atoms in total. The van der Waals surface area contributed by atoms with E-state index in [2.05, 4.69) is 12.3 Å². The van der Waals surface area contributed by atoms with Crippen molar-refractivity contribution in [2.75, 3.05) is 0 Å². The zero-order chi connectivity index (χ0) is 11.0. The molecule has 1 aromatic rings. The average molecular weight is 195 g/mol. The van der Waals surface area contributed by atoms with E-state index in [-0.39, 0.29) is 0 Å². The van der Waals surface area contributed by atoms with Gasteiger partial charge in [0.1, 0.15) is 0 Å². The van der Waals surface area contributed by atoms with Crippen molar-refractivity contribution in [2.45, 2.75) is 6.10 Å². The third-order valence-electron chi connectivity index (χ3n) is 1.36. The van der Waals surface area contributed by atoms with Crippen molar-refractivity contribution < 1.29 is 15.0 Å². The lowest BCUT2D eigenvalue weighted by atomic mass is 10.1. The molecule has 4 N–H and O–H groups in total. The Balaban J connectivity index is 0.000000364. The molecule has 4 heteroatoms. The highest BCUT2D eigenvalue weighted by molar-refractivity contribution is 5.61. The van der Waals surface area contributed by atoms with Gasteiger partial charge in [0.25, 0.3) is 0 Å². The highest BCUT2D eigenvalue weighted by Gasteiger charge is 1.98. The van der Waals surface area contributed by atoms with Crippen LogP contribution in [0.1, 0.15) is 11.7 Å². The minimum absolute atomic E-state index is 0.527. The number of amides is 1. The number of hydrogen-bond acceptors (Lipinski definition) is 2. The van der Waals surface area contributed by atoms with Crippen molar-refractivity contribution in [1.29, 1.82) is 0 Å². The van der Waals surface area contributed by atoms with Gasteiger partial charge in [-0.25, -0.2) is 4.79 Å². The summed E-state index contributed by atoms with van der Waals surface area (Å²) in [4.78, 5) is 8.78. The van der Waals surface area contributed by atoms with E-state index < -0.39 is 12.2 Å². The van der Waals surface area contributed by atoms with Crippen LogP contribution in [0.3, 0.4) is 0 Å². The molecule has 0 fully saturated rings. The Morgan fingerprint density at radius 2 is 1.86 bits per heavy atom. The highest BCUT2D eigenvalue weighted by Crippen LogP contribution is 2.11. The summed E-state index contributed by atoms with van der Waals surface area (Å²) in [7, 11) is 0. The maximum atomic E-state index is 9.21. The van der Waals surface area contributed by atoms with Crippen molar-refractivity contribution in [3.05, 3.63) is 48.6 Å². The lowest BCUT2D eigenvalue weighted by molar-refractivity contribution is 0.205. The molecule has 0 saturated carbocycles. The van der Waals surface area contributed by atoms with E-state index in [9.17, 15) is 5.11 Å². The maximum absolute atomic E-state index is 9.21. The Kier molecular flexibility index (Phi) is 5.82. The van der Waals surface area contributed by atoms with Crippen LogP contribution < -0.4 is 5.73 Å². The predicted octanol–water partition coefficient (Wildman–Crippen LogP) is 1.53. The smallest absolute Gasteiger partial charge is 0.402 e. The molecule has 1 rings (SSSR count). The molecule has 76 valence electrons. The third-order valence-corrected chi connectivity index (χ3v) is 1.36. The number of benzene rings is 1. The van der Waals surface area contributed by atoms with E-state index >= 15 is 0 Å². The number of carbonyl (C=O) groups is 1. The van der Waals surface area contributed by atoms with Crippen molar-refractivity contribution in [3.63, 3.8) is 0 Å². The largest absolute Gasteiger partial charge is 0.465 e. The molecular weight excluding hydrogens is 182 g/mol. The van der Waals surface area contributed by atoms with Gasteiger partial charge in [-0.2, -0.15) is 0 Å². The molecule has 0 radical (unpaired) electrons. The Labute approximate surface area is 82.3 Å². The molecule has 0 aliphatic carbocycles. The van der Waals surface area contributed by atoms with Gasteiger partial charge >= 0.3 is 6.09 Å². The minimum Gasteiger partial charge on any atom is -0.465 e. The van der Waals surface area contributed by atoms with Crippen LogP contribution in [-0.4, -0.2) is 16.3 Å². The molecule has 0 spiro atoms. The SMILES string of the molecule is C=CC(O)c1ccccc1.NC(=O)O. The molecule has 1 aromatic carbocycles. The van der Waals surface area contributed by atoms with Gasteiger partial charge in [-0.15, -0.1) is 6.58 Å². The van der Waals surface area contributed by atoms with E-state index in [1.165, 1.54) is 6.08 Å². The van der Waals surface area contributed by atoms with Gasteiger partial charge in [0.15, 0.2) is 0 Å². The standard InChI is InChI=1S/C9H10O.CH3NO2/c1-2-9(10)8-6-4-3-5-7-8;2-1(3)4/h2-7,9-10H,1H2;2H2,(H,3,4). The molecule has 0 aliphatic heterocycles. The fourth-order valence-corrected chi connectivity index (χ4v) is 0.786. The van der Waals surface area contributed by atoms with E-state index in [4.69, 9.17) is 9.90 Å². The Morgan fingerprint density at radius 3 is 2.21 bits per heavy atom. The first-order chi connectivity index (χ1) is 6.57. The van der Waals surface area contributed by atoms with Crippen LogP contribution in [-0.2, 0) is 0 Å². The number of aliphatic hydroxyl groups is 1. The van der Waals surface area contributed by atoms with Crippen molar-refractivity contribution >= 4 is 6.09 Å². The highest BCUT2D eigenvalue weighted by atomic mass is 16.4. The van der Waals surface area contributed by atoms with Crippen molar-refractivity contribution in [2.24, 2.45) is 5.73 Å². The molecule has 1 amide bonds. The Bertz CT molecular complexity index is 281. The fraction of sp³-hybridized carbons (Fsp3) is 0.100. The number of hydrogen-bond donors (Lipinski definition) is 3. The predicted molar refractivity (Wildman–Crippen MR) is 53.8 cm³/mol. The van der Waals surface area contributed by atoms with Crippen LogP contribution in [0.4, 0.5) is 4.79 Å². The second kappa shape index (κ2) is 6.68. The molecule has 0 heterocycles. The van der Waals surface area contributed by atoms with E-state index in [0.717, 1.165) is 5.56 Å². The Morgan fingerprint density at radius 1 is 1.43 bits per heavy atom. The second-order valence-corrected chi connectivity index (χ2v) is 2.43. The van der Waals surface area contributed by atoms with Gasteiger partial charge in [-0.1, -0.05) is 36.4 Å². The summed E-state index contributed by atoms with van der Waals surface area (Å²) in [5, 5.41) is 16.4. The summed E-state index contributed by atoms with van der Waals surface area (Å²) in [6.07, 6.45) is -0.351. The summed E-state index contributed by atoms with van der Waals surface area (Å²) in [5.74, 6) is 0. The van der Waals surface area contributed by atoms with Gasteiger partial charge in [-0.3, -0.25) is 0 Å². The molecule has 0 aromatic heterocycles. The second-order valence-electron chi connectivity index (χ2n) is 2.43. The zero-order valence-electron chi connectivity index (χ0n) is 7.63. The van der Waals surface area contributed by atoms with E-state index in [0.29, 0.717) is 0 Å². The molecule has 1 unspecified atom stereocenters. The molecule has 0 bridgehead atoms. The fourth-order valence-electron chi connectivity index (χ4n) is 0.786. The summed E-state index contributed by atoms with van der Waals surface area (Å²) in [5.41, 5.74) is 4.91. The van der Waals surface area contributed by atoms with Crippen LogP contribution in [0.25, 0.3) is 0 Å². The molecular formula is C10H13NO3. The summed E-state index contributed by atoms with van der Waals surface area (Å²) < 4.78 is 0. The molecule has 0 aliphatic rings. The summed E-state index contributed by atoms with van der Waals surface area (Å²) in [6.45, 7) is 3.49. The summed E-state index contributed by atoms with van der Waals surface area (Å²) >= 11 is 0. The Hall–Kier alpha value is -1.81. The first-order valence-corrected chi connectivity index (χ1v) is 3.92. The minimum atomic E-state index is -1.33. The van der Waals surface area contributed by atoms with Crippen molar-refractivity contribution in [1.82, 2.24) is 0 Å². The van der Waals surface area contributed by atoms with E-state index in [1.54, 1.807) is 0 Å². The third kappa shape index (κ3) is 5.79. The average Bonchev–Trinajstić information content (AvgIpc) is 2.17. The monoisotopic (exact) mass is 195 g/mol. The van der Waals surface area contributed by atoms with Gasteiger partial charge in [-0.05, 0) is 5.56 Å². The van der Waals surface area contributed by atoms with Gasteiger partial charge in [0.05, 0.1) is 6.10 Å². The topological polar surface area (TPSA) is 83.5 Å².